The molecule has 0 radical (unpaired) electrons. The Bertz CT molecular complexity index is 623. The molecule has 1 aromatic carbocycles. The molecule has 1 amide bonds. The van der Waals surface area contributed by atoms with Crippen molar-refractivity contribution in [1.29, 1.82) is 5.26 Å². The standard InChI is InChI=1S/C12H9Cl2N3O3/c13-8-3-7(4-10(11(8)14)17(19)20)12(18)16-9(5-15)6-1-2-6/h3-4,6,9H,1-2H2,(H,16,18). The third-order valence-electron chi connectivity index (χ3n) is 2.99. The molecule has 6 nitrogen and oxygen atoms in total. The highest BCUT2D eigenvalue weighted by Gasteiger charge is 2.33. The summed E-state index contributed by atoms with van der Waals surface area (Å²) in [4.78, 5) is 22.1. The molecule has 1 atom stereocenters. The van der Waals surface area contributed by atoms with Gasteiger partial charge in [-0.1, -0.05) is 23.2 Å². The SMILES string of the molecule is N#CC(NC(=O)c1cc(Cl)c(Cl)c([N+](=O)[O-])c1)C1CC1. The lowest BCUT2D eigenvalue weighted by molar-refractivity contribution is -0.384. The number of rotatable bonds is 4. The van der Waals surface area contributed by atoms with Gasteiger partial charge in [0.1, 0.15) is 11.1 Å². The van der Waals surface area contributed by atoms with Gasteiger partial charge in [0.15, 0.2) is 0 Å². The minimum Gasteiger partial charge on any atom is -0.336 e. The Hall–Kier alpha value is -1.84. The van der Waals surface area contributed by atoms with Gasteiger partial charge in [0.25, 0.3) is 11.6 Å². The fraction of sp³-hybridized carbons (Fsp3) is 0.333. The lowest BCUT2D eigenvalue weighted by Gasteiger charge is -2.10. The Balaban J connectivity index is 2.26. The molecule has 2 rings (SSSR count). The molecule has 20 heavy (non-hydrogen) atoms. The highest BCUT2D eigenvalue weighted by Crippen LogP contribution is 2.34. The van der Waals surface area contributed by atoms with Gasteiger partial charge >= 0.3 is 0 Å². The molecule has 1 unspecified atom stereocenters. The largest absolute Gasteiger partial charge is 0.336 e. The van der Waals surface area contributed by atoms with Crippen LogP contribution < -0.4 is 5.32 Å². The quantitative estimate of drug-likeness (QED) is 0.682. The molecule has 104 valence electrons. The normalized spacial score (nSPS) is 15.2. The molecule has 1 aromatic rings. The van der Waals surface area contributed by atoms with Crippen LogP contribution in [0.4, 0.5) is 5.69 Å². The van der Waals surface area contributed by atoms with Crippen molar-refractivity contribution in [3.8, 4) is 6.07 Å². The predicted octanol–water partition coefficient (Wildman–Crippen LogP) is 2.93. The zero-order chi connectivity index (χ0) is 14.9. The number of benzene rings is 1. The molecule has 0 aromatic heterocycles. The molecule has 0 heterocycles. The second kappa shape index (κ2) is 5.65. The first-order chi connectivity index (χ1) is 9.43. The second-order valence-electron chi connectivity index (χ2n) is 4.47. The molecule has 8 heteroatoms. The Morgan fingerprint density at radius 3 is 2.65 bits per heavy atom. The number of halogens is 2. The first-order valence-corrected chi connectivity index (χ1v) is 6.53. The van der Waals surface area contributed by atoms with E-state index in [-0.39, 0.29) is 21.5 Å². The fourth-order valence-corrected chi connectivity index (χ4v) is 2.14. The lowest BCUT2D eigenvalue weighted by Crippen LogP contribution is -2.35. The van der Waals surface area contributed by atoms with Crippen LogP contribution in [0.3, 0.4) is 0 Å². The van der Waals surface area contributed by atoms with Crippen molar-refractivity contribution in [2.75, 3.05) is 0 Å². The summed E-state index contributed by atoms with van der Waals surface area (Å²) in [5.74, 6) is -0.424. The molecule has 0 bridgehead atoms. The number of hydrogen-bond donors (Lipinski definition) is 1. The van der Waals surface area contributed by atoms with Crippen LogP contribution in [0.1, 0.15) is 23.2 Å². The summed E-state index contributed by atoms with van der Waals surface area (Å²) in [6, 6.07) is 3.71. The number of nitro groups is 1. The van der Waals surface area contributed by atoms with Crippen LogP contribution in [0, 0.1) is 27.4 Å². The van der Waals surface area contributed by atoms with Gasteiger partial charge in [0, 0.05) is 11.6 Å². The van der Waals surface area contributed by atoms with Crippen molar-refractivity contribution >= 4 is 34.8 Å². The maximum absolute atomic E-state index is 12.0. The average molecular weight is 314 g/mol. The molecule has 0 spiro atoms. The first kappa shape index (κ1) is 14.6. The van der Waals surface area contributed by atoms with Gasteiger partial charge in [-0.05, 0) is 24.8 Å². The highest BCUT2D eigenvalue weighted by molar-refractivity contribution is 6.43. The monoisotopic (exact) mass is 313 g/mol. The number of hydrogen-bond acceptors (Lipinski definition) is 4. The zero-order valence-corrected chi connectivity index (χ0v) is 11.6. The van der Waals surface area contributed by atoms with Gasteiger partial charge in [0.05, 0.1) is 16.0 Å². The van der Waals surface area contributed by atoms with Crippen molar-refractivity contribution in [2.24, 2.45) is 5.92 Å². The van der Waals surface area contributed by atoms with Crippen molar-refractivity contribution in [3.63, 3.8) is 0 Å². The Labute approximate surface area is 124 Å². The van der Waals surface area contributed by atoms with E-state index in [1.165, 1.54) is 6.07 Å². The molecule has 1 saturated carbocycles. The van der Waals surface area contributed by atoms with Crippen molar-refractivity contribution in [3.05, 3.63) is 37.9 Å². The summed E-state index contributed by atoms with van der Waals surface area (Å²) in [7, 11) is 0. The van der Waals surface area contributed by atoms with E-state index in [2.05, 4.69) is 5.32 Å². The number of nitriles is 1. The van der Waals surface area contributed by atoms with Crippen LogP contribution in [0.2, 0.25) is 10.0 Å². The van der Waals surface area contributed by atoms with Gasteiger partial charge in [-0.25, -0.2) is 0 Å². The Morgan fingerprint density at radius 2 is 2.15 bits per heavy atom. The topological polar surface area (TPSA) is 96.0 Å². The van der Waals surface area contributed by atoms with Crippen LogP contribution in [0.15, 0.2) is 12.1 Å². The summed E-state index contributed by atoms with van der Waals surface area (Å²) >= 11 is 11.5. The van der Waals surface area contributed by atoms with E-state index in [4.69, 9.17) is 28.5 Å². The average Bonchev–Trinajstić information content (AvgIpc) is 3.22. The maximum atomic E-state index is 12.0. The summed E-state index contributed by atoms with van der Waals surface area (Å²) in [5.41, 5.74) is -0.434. The number of nitrogens with zero attached hydrogens (tertiary/aromatic N) is 2. The van der Waals surface area contributed by atoms with Crippen LogP contribution in [-0.2, 0) is 0 Å². The van der Waals surface area contributed by atoms with E-state index in [0.717, 1.165) is 18.9 Å². The second-order valence-corrected chi connectivity index (χ2v) is 5.25. The molecular weight excluding hydrogens is 305 g/mol. The smallest absolute Gasteiger partial charge is 0.290 e. The number of carbonyl (C=O) groups is 1. The summed E-state index contributed by atoms with van der Waals surface area (Å²) in [5, 5.41) is 22.0. The van der Waals surface area contributed by atoms with E-state index >= 15 is 0 Å². The predicted molar refractivity (Wildman–Crippen MR) is 72.7 cm³/mol. The molecule has 1 fully saturated rings. The minimum atomic E-state index is -0.715. The van der Waals surface area contributed by atoms with E-state index < -0.39 is 22.6 Å². The number of nitrogens with one attached hydrogen (secondary N) is 1. The van der Waals surface area contributed by atoms with E-state index in [0.29, 0.717) is 0 Å². The van der Waals surface area contributed by atoms with Crippen LogP contribution in [0.5, 0.6) is 0 Å². The summed E-state index contributed by atoms with van der Waals surface area (Å²) < 4.78 is 0. The Morgan fingerprint density at radius 1 is 1.50 bits per heavy atom. The summed E-state index contributed by atoms with van der Waals surface area (Å²) in [6.07, 6.45) is 1.78. The first-order valence-electron chi connectivity index (χ1n) is 5.78. The van der Waals surface area contributed by atoms with Crippen molar-refractivity contribution in [2.45, 2.75) is 18.9 Å². The summed E-state index contributed by atoms with van der Waals surface area (Å²) in [6.45, 7) is 0. The van der Waals surface area contributed by atoms with Crippen molar-refractivity contribution in [1.82, 2.24) is 5.32 Å². The van der Waals surface area contributed by atoms with Crippen molar-refractivity contribution < 1.29 is 9.72 Å². The molecule has 0 saturated heterocycles. The van der Waals surface area contributed by atoms with Gasteiger partial charge in [-0.3, -0.25) is 14.9 Å². The lowest BCUT2D eigenvalue weighted by atomic mass is 10.1. The van der Waals surface area contributed by atoms with Crippen LogP contribution in [0.25, 0.3) is 0 Å². The Kier molecular flexibility index (Phi) is 4.12. The third-order valence-corrected chi connectivity index (χ3v) is 3.78. The molecule has 1 aliphatic rings. The highest BCUT2D eigenvalue weighted by atomic mass is 35.5. The van der Waals surface area contributed by atoms with E-state index in [9.17, 15) is 14.9 Å². The van der Waals surface area contributed by atoms with Gasteiger partial charge in [-0.2, -0.15) is 5.26 Å². The van der Waals surface area contributed by atoms with Crippen LogP contribution in [-0.4, -0.2) is 16.9 Å². The van der Waals surface area contributed by atoms with Crippen LogP contribution >= 0.6 is 23.2 Å². The van der Waals surface area contributed by atoms with E-state index in [1.807, 2.05) is 6.07 Å². The van der Waals surface area contributed by atoms with Gasteiger partial charge < -0.3 is 5.32 Å². The molecule has 0 aliphatic heterocycles. The number of nitro benzene ring substituents is 1. The number of carbonyl (C=O) groups excluding carboxylic acids is 1. The third kappa shape index (κ3) is 3.00. The van der Waals surface area contributed by atoms with Gasteiger partial charge in [0.2, 0.25) is 0 Å². The molecular formula is C12H9Cl2N3O3. The minimum absolute atomic E-state index is 0.00648. The maximum Gasteiger partial charge on any atom is 0.290 e. The molecule has 1 aliphatic carbocycles. The number of amides is 1. The molecule has 1 N–H and O–H groups in total. The van der Waals surface area contributed by atoms with Gasteiger partial charge in [-0.15, -0.1) is 0 Å². The van der Waals surface area contributed by atoms with E-state index in [1.54, 1.807) is 0 Å². The zero-order valence-electron chi connectivity index (χ0n) is 10.1. The fourth-order valence-electron chi connectivity index (χ4n) is 1.75.